The van der Waals surface area contributed by atoms with E-state index in [0.29, 0.717) is 25.1 Å². The molecule has 1 aliphatic heterocycles. The quantitative estimate of drug-likeness (QED) is 0.542. The summed E-state index contributed by atoms with van der Waals surface area (Å²) in [5.74, 6) is -0.492. The number of hydrogen-bond acceptors (Lipinski definition) is 4. The maximum atomic E-state index is 13.1. The van der Waals surface area contributed by atoms with E-state index >= 15 is 0 Å². The average molecular weight is 465 g/mol. The van der Waals surface area contributed by atoms with E-state index < -0.39 is 10.4 Å². The van der Waals surface area contributed by atoms with Crippen LogP contribution < -0.4 is 5.32 Å². The maximum Gasteiger partial charge on any atom is 0.245 e. The first-order valence-electron chi connectivity index (χ1n) is 10.7. The van der Waals surface area contributed by atoms with E-state index in [1.165, 1.54) is 6.92 Å². The molecule has 2 aromatic rings. The SMILES string of the molecule is CC(=O)c1nn(CC(=O)N2CCCC2C(=O)NC2CCCC(Cl)(Cl)C2)c2ccccc12. The van der Waals surface area contributed by atoms with E-state index in [2.05, 4.69) is 10.4 Å². The molecule has 1 aromatic heterocycles. The molecule has 0 bridgehead atoms. The standard InChI is InChI=1S/C22H26Cl2N4O3/c1-14(29)20-16-7-2-3-8-17(16)28(26-20)13-19(30)27-11-5-9-18(27)21(31)25-15-6-4-10-22(23,24)12-15/h2-3,7-8,15,18H,4-6,9-13H2,1H3,(H,25,31). The van der Waals surface area contributed by atoms with Crippen LogP contribution in [0.5, 0.6) is 0 Å². The summed E-state index contributed by atoms with van der Waals surface area (Å²) in [6.45, 7) is 1.96. The Kier molecular flexibility index (Phi) is 6.26. The molecular weight excluding hydrogens is 439 g/mol. The van der Waals surface area contributed by atoms with Crippen LogP contribution in [0, 0.1) is 0 Å². The molecule has 0 radical (unpaired) electrons. The summed E-state index contributed by atoms with van der Waals surface area (Å²) in [5.41, 5.74) is 1.08. The Bertz CT molecular complexity index is 1020. The third-order valence-electron chi connectivity index (χ3n) is 6.14. The summed E-state index contributed by atoms with van der Waals surface area (Å²) in [6, 6.07) is 6.75. The number of benzene rings is 1. The topological polar surface area (TPSA) is 84.3 Å². The van der Waals surface area contributed by atoms with Crippen molar-refractivity contribution in [2.75, 3.05) is 6.54 Å². The van der Waals surface area contributed by atoms with Crippen molar-refractivity contribution in [3.8, 4) is 0 Å². The van der Waals surface area contributed by atoms with Crippen molar-refractivity contribution in [2.45, 2.75) is 68.4 Å². The van der Waals surface area contributed by atoms with Crippen LogP contribution >= 0.6 is 23.2 Å². The number of hydrogen-bond donors (Lipinski definition) is 1. The lowest BCUT2D eigenvalue weighted by atomic mass is 9.94. The monoisotopic (exact) mass is 464 g/mol. The van der Waals surface area contributed by atoms with Crippen LogP contribution in [0.2, 0.25) is 0 Å². The third-order valence-corrected chi connectivity index (χ3v) is 6.83. The van der Waals surface area contributed by atoms with Gasteiger partial charge in [0.1, 0.15) is 22.6 Å². The molecule has 1 saturated heterocycles. The predicted octanol–water partition coefficient (Wildman–Crippen LogP) is 3.46. The minimum atomic E-state index is -0.809. The summed E-state index contributed by atoms with van der Waals surface area (Å²) in [4.78, 5) is 39.6. The van der Waals surface area contributed by atoms with E-state index in [-0.39, 0.29) is 30.2 Å². The fourth-order valence-electron chi connectivity index (χ4n) is 4.66. The number of rotatable bonds is 5. The van der Waals surface area contributed by atoms with Gasteiger partial charge in [-0.15, -0.1) is 23.2 Å². The summed E-state index contributed by atoms with van der Waals surface area (Å²) in [6.07, 6.45) is 4.31. The number of alkyl halides is 2. The van der Waals surface area contributed by atoms with Crippen LogP contribution in [0.3, 0.4) is 0 Å². The van der Waals surface area contributed by atoms with Gasteiger partial charge < -0.3 is 10.2 Å². The van der Waals surface area contributed by atoms with Crippen LogP contribution in [0.25, 0.3) is 10.9 Å². The van der Waals surface area contributed by atoms with Gasteiger partial charge in [0.15, 0.2) is 5.78 Å². The van der Waals surface area contributed by atoms with Crippen molar-refractivity contribution < 1.29 is 14.4 Å². The largest absolute Gasteiger partial charge is 0.351 e. The van der Waals surface area contributed by atoms with Crippen molar-refractivity contribution in [1.29, 1.82) is 0 Å². The van der Waals surface area contributed by atoms with Crippen LogP contribution in [0.1, 0.15) is 55.9 Å². The Morgan fingerprint density at radius 3 is 2.71 bits per heavy atom. The molecule has 1 N–H and O–H groups in total. The molecule has 0 spiro atoms. The molecule has 9 heteroatoms. The lowest BCUT2D eigenvalue weighted by molar-refractivity contribution is -0.139. The van der Waals surface area contributed by atoms with Crippen molar-refractivity contribution in [2.24, 2.45) is 0 Å². The van der Waals surface area contributed by atoms with Gasteiger partial charge in [0.05, 0.1) is 5.52 Å². The molecule has 2 amide bonds. The lowest BCUT2D eigenvalue weighted by Crippen LogP contribution is -2.51. The molecule has 4 rings (SSSR count). The molecule has 1 aliphatic carbocycles. The highest BCUT2D eigenvalue weighted by Crippen LogP contribution is 2.37. The molecule has 2 fully saturated rings. The number of carbonyl (C=O) groups excluding carboxylic acids is 3. The van der Waals surface area contributed by atoms with Gasteiger partial charge in [0.25, 0.3) is 0 Å². The summed E-state index contributed by atoms with van der Waals surface area (Å²) in [7, 11) is 0. The zero-order chi connectivity index (χ0) is 22.2. The fourth-order valence-corrected chi connectivity index (χ4v) is 5.30. The predicted molar refractivity (Wildman–Crippen MR) is 119 cm³/mol. The van der Waals surface area contributed by atoms with E-state index in [9.17, 15) is 14.4 Å². The molecular formula is C22H26Cl2N4O3. The van der Waals surface area contributed by atoms with Gasteiger partial charge in [-0.1, -0.05) is 18.2 Å². The van der Waals surface area contributed by atoms with Crippen molar-refractivity contribution >= 4 is 51.7 Å². The molecule has 7 nitrogen and oxygen atoms in total. The molecule has 2 aliphatic rings. The number of amides is 2. The fraction of sp³-hybridized carbons (Fsp3) is 0.545. The Hall–Kier alpha value is -2.12. The zero-order valence-electron chi connectivity index (χ0n) is 17.4. The van der Waals surface area contributed by atoms with Crippen molar-refractivity contribution in [1.82, 2.24) is 20.0 Å². The van der Waals surface area contributed by atoms with Gasteiger partial charge >= 0.3 is 0 Å². The second kappa shape index (κ2) is 8.79. The van der Waals surface area contributed by atoms with Crippen LogP contribution in [0.4, 0.5) is 0 Å². The van der Waals surface area contributed by atoms with Gasteiger partial charge in [0.2, 0.25) is 11.8 Å². The summed E-state index contributed by atoms with van der Waals surface area (Å²) >= 11 is 12.5. The number of likely N-dealkylation sites (tertiary alicyclic amines) is 1. The second-order valence-corrected chi connectivity index (χ2v) is 10.1. The smallest absolute Gasteiger partial charge is 0.245 e. The maximum absolute atomic E-state index is 13.1. The first kappa shape index (κ1) is 22.1. The third kappa shape index (κ3) is 4.72. The van der Waals surface area contributed by atoms with Gasteiger partial charge in [-0.05, 0) is 38.2 Å². The van der Waals surface area contributed by atoms with Gasteiger partial charge in [-0.3, -0.25) is 19.1 Å². The first-order valence-corrected chi connectivity index (χ1v) is 11.4. The minimum Gasteiger partial charge on any atom is -0.351 e. The lowest BCUT2D eigenvalue weighted by Gasteiger charge is -2.33. The van der Waals surface area contributed by atoms with Crippen LogP contribution in [-0.2, 0) is 16.1 Å². The number of Topliss-reactive ketones (excluding diaryl/α,β-unsaturated/α-hetero) is 1. The van der Waals surface area contributed by atoms with Crippen molar-refractivity contribution in [3.63, 3.8) is 0 Å². The van der Waals surface area contributed by atoms with Gasteiger partial charge in [-0.25, -0.2) is 0 Å². The number of ketones is 1. The first-order chi connectivity index (χ1) is 14.7. The highest BCUT2D eigenvalue weighted by molar-refractivity contribution is 6.48. The Labute approximate surface area is 191 Å². The number of para-hydroxylation sites is 1. The number of aromatic nitrogens is 2. The minimum absolute atomic E-state index is 0.0204. The molecule has 166 valence electrons. The molecule has 2 heterocycles. The van der Waals surface area contributed by atoms with Gasteiger partial charge in [0, 0.05) is 31.3 Å². The number of nitrogens with zero attached hydrogens (tertiary/aromatic N) is 3. The van der Waals surface area contributed by atoms with Crippen LogP contribution in [-0.4, -0.2) is 55.2 Å². The normalized spacial score (nSPS) is 23.1. The number of halogens is 2. The van der Waals surface area contributed by atoms with Gasteiger partial charge in [-0.2, -0.15) is 5.10 Å². The van der Waals surface area contributed by atoms with Crippen LogP contribution in [0.15, 0.2) is 24.3 Å². The Balaban J connectivity index is 1.47. The van der Waals surface area contributed by atoms with E-state index in [1.807, 2.05) is 24.3 Å². The average Bonchev–Trinajstić information content (AvgIpc) is 3.33. The summed E-state index contributed by atoms with van der Waals surface area (Å²) in [5, 5.41) is 8.14. The highest BCUT2D eigenvalue weighted by atomic mass is 35.5. The molecule has 2 unspecified atom stereocenters. The molecule has 1 aromatic carbocycles. The number of fused-ring (bicyclic) bond motifs is 1. The summed E-state index contributed by atoms with van der Waals surface area (Å²) < 4.78 is 0.745. The Morgan fingerprint density at radius 1 is 1.19 bits per heavy atom. The number of nitrogens with one attached hydrogen (secondary N) is 1. The zero-order valence-corrected chi connectivity index (χ0v) is 19.0. The van der Waals surface area contributed by atoms with Crippen molar-refractivity contribution in [3.05, 3.63) is 30.0 Å². The molecule has 2 atom stereocenters. The van der Waals surface area contributed by atoms with E-state index in [4.69, 9.17) is 23.2 Å². The highest BCUT2D eigenvalue weighted by Gasteiger charge is 2.38. The van der Waals surface area contributed by atoms with E-state index in [0.717, 1.165) is 36.6 Å². The van der Waals surface area contributed by atoms with E-state index in [1.54, 1.807) is 9.58 Å². The number of carbonyl (C=O) groups is 3. The second-order valence-electron chi connectivity index (χ2n) is 8.48. The molecule has 31 heavy (non-hydrogen) atoms. The Morgan fingerprint density at radius 2 is 1.97 bits per heavy atom. The molecule has 1 saturated carbocycles.